The van der Waals surface area contributed by atoms with E-state index in [1.807, 2.05) is 60.7 Å². The fourth-order valence-corrected chi connectivity index (χ4v) is 4.38. The van der Waals surface area contributed by atoms with Crippen LogP contribution >= 0.6 is 23.2 Å². The van der Waals surface area contributed by atoms with Gasteiger partial charge in [0.25, 0.3) is 0 Å². The van der Waals surface area contributed by atoms with Crippen LogP contribution in [0.2, 0.25) is 10.0 Å². The van der Waals surface area contributed by atoms with Crippen LogP contribution in [0.15, 0.2) is 66.7 Å². The van der Waals surface area contributed by atoms with Gasteiger partial charge < -0.3 is 14.8 Å². The predicted molar refractivity (Wildman–Crippen MR) is 127 cm³/mol. The highest BCUT2D eigenvalue weighted by Crippen LogP contribution is 2.40. The zero-order chi connectivity index (χ0) is 21.6. The molecular formula is C25H26Cl2N2O2. The molecule has 31 heavy (non-hydrogen) atoms. The lowest BCUT2D eigenvalue weighted by Gasteiger charge is -2.36. The maximum absolute atomic E-state index is 6.65. The van der Waals surface area contributed by atoms with Crippen LogP contribution in [0.4, 0.5) is 0 Å². The van der Waals surface area contributed by atoms with Gasteiger partial charge in [0.05, 0.1) is 23.2 Å². The lowest BCUT2D eigenvalue weighted by molar-refractivity contribution is 0.198. The van der Waals surface area contributed by atoms with Gasteiger partial charge in [0, 0.05) is 26.2 Å². The molecule has 0 bridgehead atoms. The lowest BCUT2D eigenvalue weighted by Crippen LogP contribution is -2.45. The van der Waals surface area contributed by atoms with Gasteiger partial charge in [-0.3, -0.25) is 4.90 Å². The topological polar surface area (TPSA) is 33.7 Å². The van der Waals surface area contributed by atoms with E-state index in [1.54, 1.807) is 7.11 Å². The molecule has 1 N–H and O–H groups in total. The van der Waals surface area contributed by atoms with E-state index in [1.165, 1.54) is 0 Å². The molecule has 1 aliphatic rings. The van der Waals surface area contributed by atoms with E-state index in [4.69, 9.17) is 32.7 Å². The smallest absolute Gasteiger partial charge is 0.161 e. The molecule has 0 spiro atoms. The van der Waals surface area contributed by atoms with E-state index in [0.29, 0.717) is 28.2 Å². The number of halogens is 2. The van der Waals surface area contributed by atoms with Gasteiger partial charge in [-0.25, -0.2) is 0 Å². The molecule has 1 fully saturated rings. The van der Waals surface area contributed by atoms with Crippen molar-refractivity contribution in [2.75, 3.05) is 33.3 Å². The Bertz CT molecular complexity index is 1010. The summed E-state index contributed by atoms with van der Waals surface area (Å²) in [4.78, 5) is 2.42. The van der Waals surface area contributed by atoms with Crippen molar-refractivity contribution in [2.45, 2.75) is 12.6 Å². The number of piperazine rings is 1. The Morgan fingerprint density at radius 3 is 2.45 bits per heavy atom. The van der Waals surface area contributed by atoms with Gasteiger partial charge >= 0.3 is 0 Å². The number of nitrogens with one attached hydrogen (secondary N) is 1. The van der Waals surface area contributed by atoms with Crippen molar-refractivity contribution < 1.29 is 9.47 Å². The minimum atomic E-state index is -0.0228. The van der Waals surface area contributed by atoms with Crippen molar-refractivity contribution in [3.8, 4) is 11.5 Å². The molecule has 162 valence electrons. The number of methoxy groups -OCH3 is 1. The zero-order valence-corrected chi connectivity index (χ0v) is 19.0. The van der Waals surface area contributed by atoms with Crippen LogP contribution in [0.25, 0.3) is 0 Å². The summed E-state index contributed by atoms with van der Waals surface area (Å²) in [7, 11) is 1.67. The molecule has 1 heterocycles. The Hall–Kier alpha value is -2.24. The van der Waals surface area contributed by atoms with Gasteiger partial charge in [-0.1, -0.05) is 71.7 Å². The van der Waals surface area contributed by atoms with Crippen LogP contribution in [0.1, 0.15) is 22.7 Å². The highest BCUT2D eigenvalue weighted by molar-refractivity contribution is 6.42. The van der Waals surface area contributed by atoms with Crippen LogP contribution in [0, 0.1) is 0 Å². The minimum absolute atomic E-state index is 0.0228. The predicted octanol–water partition coefficient (Wildman–Crippen LogP) is 5.58. The molecule has 0 saturated carbocycles. The number of rotatable bonds is 7. The van der Waals surface area contributed by atoms with Gasteiger partial charge in [-0.2, -0.15) is 0 Å². The minimum Gasteiger partial charge on any atom is -0.493 e. The Labute approximate surface area is 193 Å². The molecule has 1 saturated heterocycles. The quantitative estimate of drug-likeness (QED) is 0.503. The lowest BCUT2D eigenvalue weighted by atomic mass is 9.96. The van der Waals surface area contributed by atoms with Crippen LogP contribution in [0.5, 0.6) is 11.5 Å². The van der Waals surface area contributed by atoms with Gasteiger partial charge in [-0.15, -0.1) is 0 Å². The summed E-state index contributed by atoms with van der Waals surface area (Å²) in [6.07, 6.45) is 0. The summed E-state index contributed by atoms with van der Waals surface area (Å²) in [5.41, 5.74) is 3.20. The Morgan fingerprint density at radius 2 is 1.71 bits per heavy atom. The molecule has 4 rings (SSSR count). The van der Waals surface area contributed by atoms with Crippen molar-refractivity contribution >= 4 is 23.2 Å². The first-order valence-corrected chi connectivity index (χ1v) is 11.2. The standard InChI is InChI=1S/C25H26Cl2N2O2/c1-30-23-16-19(10-11-22(23)31-17-18-6-3-2-4-7-18)25(29-14-12-28-13-15-29)20-8-5-9-21(26)24(20)27/h2-11,16,25,28H,12-15,17H2,1H3. The van der Waals surface area contributed by atoms with Gasteiger partial charge in [0.2, 0.25) is 0 Å². The van der Waals surface area contributed by atoms with Gasteiger partial charge in [-0.05, 0) is 34.9 Å². The molecule has 3 aromatic rings. The Balaban J connectivity index is 1.66. The van der Waals surface area contributed by atoms with Crippen LogP contribution in [-0.4, -0.2) is 38.2 Å². The number of benzene rings is 3. The summed E-state index contributed by atoms with van der Waals surface area (Å²) in [5, 5.41) is 4.57. The van der Waals surface area contributed by atoms with Crippen molar-refractivity contribution in [3.63, 3.8) is 0 Å². The molecule has 3 aromatic carbocycles. The average Bonchev–Trinajstić information content (AvgIpc) is 2.82. The third kappa shape index (κ3) is 5.16. The normalized spacial score (nSPS) is 15.5. The molecule has 1 unspecified atom stereocenters. The maximum Gasteiger partial charge on any atom is 0.161 e. The molecule has 1 atom stereocenters. The Kier molecular flexibility index (Phi) is 7.36. The van der Waals surface area contributed by atoms with E-state index in [9.17, 15) is 0 Å². The molecule has 0 amide bonds. The summed E-state index contributed by atoms with van der Waals surface area (Å²) in [6.45, 7) is 4.19. The van der Waals surface area contributed by atoms with Crippen LogP contribution < -0.4 is 14.8 Å². The SMILES string of the molecule is COc1cc(C(c2cccc(Cl)c2Cl)N2CCNCC2)ccc1OCc1ccccc1. The number of nitrogens with zero attached hydrogens (tertiary/aromatic N) is 1. The van der Waals surface area contributed by atoms with Crippen molar-refractivity contribution in [1.29, 1.82) is 0 Å². The first-order chi connectivity index (χ1) is 15.2. The van der Waals surface area contributed by atoms with E-state index in [2.05, 4.69) is 16.3 Å². The number of hydrogen-bond donors (Lipinski definition) is 1. The highest BCUT2D eigenvalue weighted by atomic mass is 35.5. The second kappa shape index (κ2) is 10.4. The number of hydrogen-bond acceptors (Lipinski definition) is 4. The number of ether oxygens (including phenoxy) is 2. The fraction of sp³-hybridized carbons (Fsp3) is 0.280. The van der Waals surface area contributed by atoms with E-state index >= 15 is 0 Å². The van der Waals surface area contributed by atoms with Crippen LogP contribution in [0.3, 0.4) is 0 Å². The summed E-state index contributed by atoms with van der Waals surface area (Å²) in [5.74, 6) is 1.41. The van der Waals surface area contributed by atoms with E-state index < -0.39 is 0 Å². The Morgan fingerprint density at radius 1 is 0.935 bits per heavy atom. The molecule has 6 heteroatoms. The van der Waals surface area contributed by atoms with E-state index in [0.717, 1.165) is 42.9 Å². The summed E-state index contributed by atoms with van der Waals surface area (Å²) in [6, 6.07) is 22.0. The third-order valence-electron chi connectivity index (χ3n) is 5.53. The van der Waals surface area contributed by atoms with Gasteiger partial charge in [0.15, 0.2) is 11.5 Å². The average molecular weight is 457 g/mol. The second-order valence-corrected chi connectivity index (χ2v) is 8.30. The molecular weight excluding hydrogens is 431 g/mol. The highest BCUT2D eigenvalue weighted by Gasteiger charge is 2.27. The largest absolute Gasteiger partial charge is 0.493 e. The summed E-state index contributed by atoms with van der Waals surface area (Å²) >= 11 is 13.0. The molecule has 4 nitrogen and oxygen atoms in total. The van der Waals surface area contributed by atoms with Crippen molar-refractivity contribution in [1.82, 2.24) is 10.2 Å². The van der Waals surface area contributed by atoms with Gasteiger partial charge in [0.1, 0.15) is 6.61 Å². The van der Waals surface area contributed by atoms with Crippen LogP contribution in [-0.2, 0) is 6.61 Å². The van der Waals surface area contributed by atoms with E-state index in [-0.39, 0.29) is 6.04 Å². The molecule has 1 aliphatic heterocycles. The monoisotopic (exact) mass is 456 g/mol. The summed E-state index contributed by atoms with van der Waals surface area (Å²) < 4.78 is 11.7. The fourth-order valence-electron chi connectivity index (χ4n) is 3.97. The van der Waals surface area contributed by atoms with Crippen molar-refractivity contribution in [2.24, 2.45) is 0 Å². The maximum atomic E-state index is 6.65. The first kappa shape index (κ1) is 22.0. The third-order valence-corrected chi connectivity index (χ3v) is 6.37. The van der Waals surface area contributed by atoms with Crippen molar-refractivity contribution in [3.05, 3.63) is 93.5 Å². The first-order valence-electron chi connectivity index (χ1n) is 10.4. The molecule has 0 aliphatic carbocycles. The zero-order valence-electron chi connectivity index (χ0n) is 17.5. The molecule has 0 radical (unpaired) electrons. The molecule has 0 aromatic heterocycles. The second-order valence-electron chi connectivity index (χ2n) is 7.52.